The molecule has 0 bridgehead atoms. The lowest BCUT2D eigenvalue weighted by Crippen LogP contribution is -2.14. The quantitative estimate of drug-likeness (QED) is 0.274. The first-order chi connectivity index (χ1) is 14.1. The topological polar surface area (TPSA) is 4.93 Å². The molecule has 4 aromatic carbocycles. The molecule has 1 nitrogen and oxygen atoms in total. The van der Waals surface area contributed by atoms with Crippen molar-refractivity contribution in [3.05, 3.63) is 101 Å². The first-order valence-electron chi connectivity index (χ1n) is 10.00. The van der Waals surface area contributed by atoms with Gasteiger partial charge in [-0.2, -0.15) is 0 Å². The lowest BCUT2D eigenvalue weighted by atomic mass is 9.82. The van der Waals surface area contributed by atoms with E-state index >= 15 is 0 Å². The van der Waals surface area contributed by atoms with Gasteiger partial charge in [0.1, 0.15) is 0 Å². The van der Waals surface area contributed by atoms with Gasteiger partial charge in [0, 0.05) is 26.9 Å². The average Bonchev–Trinajstić information content (AvgIpc) is 3.18. The van der Waals surface area contributed by atoms with Gasteiger partial charge in [-0.3, -0.25) is 0 Å². The van der Waals surface area contributed by atoms with Crippen LogP contribution in [0.3, 0.4) is 0 Å². The van der Waals surface area contributed by atoms with E-state index in [1.807, 2.05) is 6.07 Å². The molecular weight excluding hydrogens is 374 g/mol. The fraction of sp³-hybridized carbons (Fsp3) is 0.111. The van der Waals surface area contributed by atoms with Crippen LogP contribution < -0.4 is 0 Å². The van der Waals surface area contributed by atoms with E-state index in [1.165, 1.54) is 49.7 Å². The standard InChI is InChI=1S/C27H20ClN/c1-27(2)21-11-7-6-10-19(21)25-22(27)13-15-24-26(25)20-16-17(28)12-14-23(20)29(24)18-8-4-3-5-9-18/h3-16H,1-2H3. The maximum Gasteiger partial charge on any atom is 0.0547 e. The van der Waals surface area contributed by atoms with Gasteiger partial charge < -0.3 is 4.57 Å². The summed E-state index contributed by atoms with van der Waals surface area (Å²) in [4.78, 5) is 0. The van der Waals surface area contributed by atoms with Crippen LogP contribution in [0.4, 0.5) is 0 Å². The second kappa shape index (κ2) is 5.75. The van der Waals surface area contributed by atoms with Crippen molar-refractivity contribution in [2.24, 2.45) is 0 Å². The van der Waals surface area contributed by atoms with Crippen LogP contribution in [0.5, 0.6) is 0 Å². The smallest absolute Gasteiger partial charge is 0.0547 e. The Morgan fingerprint density at radius 1 is 0.724 bits per heavy atom. The van der Waals surface area contributed by atoms with Crippen LogP contribution in [0.25, 0.3) is 38.6 Å². The molecule has 0 fully saturated rings. The van der Waals surface area contributed by atoms with Gasteiger partial charge in [0.15, 0.2) is 0 Å². The number of rotatable bonds is 1. The van der Waals surface area contributed by atoms with Gasteiger partial charge in [-0.1, -0.05) is 74.0 Å². The molecule has 0 amide bonds. The second-order valence-electron chi connectivity index (χ2n) is 8.39. The van der Waals surface area contributed by atoms with Crippen LogP contribution in [0, 0.1) is 0 Å². The number of hydrogen-bond donors (Lipinski definition) is 0. The predicted octanol–water partition coefficient (Wildman–Crippen LogP) is 7.74. The minimum atomic E-state index is -0.0140. The molecule has 6 rings (SSSR count). The largest absolute Gasteiger partial charge is 0.309 e. The molecule has 0 saturated carbocycles. The van der Waals surface area contributed by atoms with Gasteiger partial charge >= 0.3 is 0 Å². The maximum absolute atomic E-state index is 6.47. The molecule has 0 aliphatic heterocycles. The summed E-state index contributed by atoms with van der Waals surface area (Å²) in [5.41, 5.74) is 9.03. The van der Waals surface area contributed by atoms with Crippen LogP contribution in [0.1, 0.15) is 25.0 Å². The molecule has 1 aromatic heterocycles. The molecule has 0 spiro atoms. The molecule has 0 saturated heterocycles. The van der Waals surface area contributed by atoms with Crippen molar-refractivity contribution in [3.63, 3.8) is 0 Å². The summed E-state index contributed by atoms with van der Waals surface area (Å²) in [6.45, 7) is 4.65. The fourth-order valence-electron chi connectivity index (χ4n) is 5.13. The molecule has 0 radical (unpaired) electrons. The molecule has 29 heavy (non-hydrogen) atoms. The van der Waals surface area contributed by atoms with E-state index in [0.29, 0.717) is 0 Å². The molecule has 1 heterocycles. The van der Waals surface area contributed by atoms with Gasteiger partial charge in [-0.25, -0.2) is 0 Å². The normalized spacial score (nSPS) is 14.3. The molecule has 5 aromatic rings. The first kappa shape index (κ1) is 16.9. The van der Waals surface area contributed by atoms with E-state index in [4.69, 9.17) is 11.6 Å². The first-order valence-corrected chi connectivity index (χ1v) is 10.4. The second-order valence-corrected chi connectivity index (χ2v) is 8.82. The minimum absolute atomic E-state index is 0.0140. The Labute approximate surface area is 175 Å². The van der Waals surface area contributed by atoms with E-state index in [2.05, 4.69) is 97.3 Å². The van der Waals surface area contributed by atoms with Crippen molar-refractivity contribution >= 4 is 33.4 Å². The zero-order valence-electron chi connectivity index (χ0n) is 16.4. The Morgan fingerprint density at radius 3 is 2.28 bits per heavy atom. The molecule has 140 valence electrons. The van der Waals surface area contributed by atoms with Crippen molar-refractivity contribution in [1.29, 1.82) is 0 Å². The Balaban J connectivity index is 1.86. The Kier molecular flexibility index (Phi) is 3.34. The number of halogens is 1. The summed E-state index contributed by atoms with van der Waals surface area (Å²) >= 11 is 6.47. The number of aromatic nitrogens is 1. The number of nitrogens with zero attached hydrogens (tertiary/aromatic N) is 1. The van der Waals surface area contributed by atoms with Crippen molar-refractivity contribution in [1.82, 2.24) is 4.57 Å². The van der Waals surface area contributed by atoms with Crippen molar-refractivity contribution in [2.45, 2.75) is 19.3 Å². The highest BCUT2D eigenvalue weighted by atomic mass is 35.5. The summed E-state index contributed by atoms with van der Waals surface area (Å²) in [5.74, 6) is 0. The van der Waals surface area contributed by atoms with Crippen LogP contribution in [0.15, 0.2) is 84.9 Å². The van der Waals surface area contributed by atoms with Crippen LogP contribution >= 0.6 is 11.6 Å². The van der Waals surface area contributed by atoms with E-state index in [1.54, 1.807) is 0 Å². The number of hydrogen-bond acceptors (Lipinski definition) is 0. The van der Waals surface area contributed by atoms with Gasteiger partial charge in [0.05, 0.1) is 11.0 Å². The third-order valence-electron chi connectivity index (χ3n) is 6.45. The van der Waals surface area contributed by atoms with Crippen molar-refractivity contribution in [2.75, 3.05) is 0 Å². The third kappa shape index (κ3) is 2.17. The van der Waals surface area contributed by atoms with E-state index in [0.717, 1.165) is 5.02 Å². The molecule has 0 N–H and O–H groups in total. The molecule has 1 aliphatic rings. The maximum atomic E-state index is 6.47. The fourth-order valence-corrected chi connectivity index (χ4v) is 5.30. The Bertz CT molecular complexity index is 1420. The highest BCUT2D eigenvalue weighted by Crippen LogP contribution is 2.53. The summed E-state index contributed by atoms with van der Waals surface area (Å²) in [5, 5.41) is 3.27. The summed E-state index contributed by atoms with van der Waals surface area (Å²) in [6, 6.07) is 30.2. The van der Waals surface area contributed by atoms with E-state index < -0.39 is 0 Å². The SMILES string of the molecule is CC1(C)c2ccccc2-c2c1ccc1c2c2cc(Cl)ccc2n1-c1ccccc1. The van der Waals surface area contributed by atoms with Gasteiger partial charge in [0.25, 0.3) is 0 Å². The lowest BCUT2D eigenvalue weighted by Gasteiger charge is -2.21. The molecule has 0 unspecified atom stereocenters. The Hall–Kier alpha value is -3.03. The molecule has 0 atom stereocenters. The summed E-state index contributed by atoms with van der Waals surface area (Å²) < 4.78 is 2.36. The monoisotopic (exact) mass is 393 g/mol. The minimum Gasteiger partial charge on any atom is -0.309 e. The van der Waals surface area contributed by atoms with Crippen LogP contribution in [0.2, 0.25) is 5.02 Å². The van der Waals surface area contributed by atoms with Crippen LogP contribution in [-0.2, 0) is 5.41 Å². The summed E-state index contributed by atoms with van der Waals surface area (Å²) in [7, 11) is 0. The molecular formula is C27H20ClN. The lowest BCUT2D eigenvalue weighted by molar-refractivity contribution is 0.661. The van der Waals surface area contributed by atoms with Gasteiger partial charge in [-0.05, 0) is 58.7 Å². The van der Waals surface area contributed by atoms with Crippen LogP contribution in [-0.4, -0.2) is 4.57 Å². The predicted molar refractivity (Wildman–Crippen MR) is 123 cm³/mol. The number of para-hydroxylation sites is 1. The highest BCUT2D eigenvalue weighted by molar-refractivity contribution is 6.32. The number of benzene rings is 4. The zero-order chi connectivity index (χ0) is 19.8. The van der Waals surface area contributed by atoms with E-state index in [-0.39, 0.29) is 5.41 Å². The van der Waals surface area contributed by atoms with E-state index in [9.17, 15) is 0 Å². The molecule has 2 heteroatoms. The number of fused-ring (bicyclic) bond motifs is 7. The third-order valence-corrected chi connectivity index (χ3v) is 6.69. The van der Waals surface area contributed by atoms with Gasteiger partial charge in [0.2, 0.25) is 0 Å². The molecule has 1 aliphatic carbocycles. The highest BCUT2D eigenvalue weighted by Gasteiger charge is 2.37. The van der Waals surface area contributed by atoms with Gasteiger partial charge in [-0.15, -0.1) is 0 Å². The Morgan fingerprint density at radius 2 is 1.45 bits per heavy atom. The average molecular weight is 394 g/mol. The zero-order valence-corrected chi connectivity index (χ0v) is 17.2. The van der Waals surface area contributed by atoms with Crippen molar-refractivity contribution in [3.8, 4) is 16.8 Å². The van der Waals surface area contributed by atoms with Crippen molar-refractivity contribution < 1.29 is 0 Å². The summed E-state index contributed by atoms with van der Waals surface area (Å²) in [6.07, 6.45) is 0.